The summed E-state index contributed by atoms with van der Waals surface area (Å²) in [7, 11) is 0. The minimum Gasteiger partial charge on any atom is -0.444 e. The summed E-state index contributed by atoms with van der Waals surface area (Å²) in [4.78, 5) is 28.3. The van der Waals surface area contributed by atoms with Crippen LogP contribution in [0.25, 0.3) is 0 Å². The molecule has 0 unspecified atom stereocenters. The average Bonchev–Trinajstić information content (AvgIpc) is 2.53. The van der Waals surface area contributed by atoms with Crippen LogP contribution in [0.2, 0.25) is 0 Å². The van der Waals surface area contributed by atoms with Crippen molar-refractivity contribution in [2.75, 3.05) is 32.8 Å². The molecule has 23 heavy (non-hydrogen) atoms. The number of piperidine rings is 2. The van der Waals surface area contributed by atoms with E-state index < -0.39 is 5.60 Å². The summed E-state index contributed by atoms with van der Waals surface area (Å²) in [5.41, 5.74) is -0.485. The van der Waals surface area contributed by atoms with Gasteiger partial charge in [-0.25, -0.2) is 4.79 Å². The van der Waals surface area contributed by atoms with E-state index in [0.29, 0.717) is 31.8 Å². The highest BCUT2D eigenvalue weighted by Gasteiger charge is 2.33. The fraction of sp³-hybridized carbons (Fsp3) is 0.882. The number of nitrogens with zero attached hydrogens (tertiary/aromatic N) is 2. The summed E-state index contributed by atoms with van der Waals surface area (Å²) in [6.45, 7) is 8.45. The number of hydrogen-bond donors (Lipinski definition) is 1. The molecule has 0 radical (unpaired) electrons. The Bertz CT molecular complexity index is 417. The molecule has 0 saturated carbocycles. The first kappa shape index (κ1) is 18.0. The van der Waals surface area contributed by atoms with Gasteiger partial charge in [-0.1, -0.05) is 0 Å². The number of carbonyl (C=O) groups excluding carboxylic acids is 2. The molecule has 1 N–H and O–H groups in total. The fourth-order valence-corrected chi connectivity index (χ4v) is 3.23. The molecule has 132 valence electrons. The molecule has 0 aromatic rings. The largest absolute Gasteiger partial charge is 0.444 e. The van der Waals surface area contributed by atoms with E-state index in [-0.39, 0.29) is 24.5 Å². The molecule has 0 aromatic heterocycles. The lowest BCUT2D eigenvalue weighted by Gasteiger charge is -2.37. The Morgan fingerprint density at radius 1 is 1.00 bits per heavy atom. The minimum absolute atomic E-state index is 0.0133. The number of hydrogen-bond acceptors (Lipinski definition) is 4. The zero-order chi connectivity index (χ0) is 17.0. The second-order valence-electron chi connectivity index (χ2n) is 7.69. The molecule has 0 spiro atoms. The van der Waals surface area contributed by atoms with Crippen molar-refractivity contribution in [3.05, 3.63) is 0 Å². The Hall–Kier alpha value is -1.30. The van der Waals surface area contributed by atoms with E-state index in [1.807, 2.05) is 25.7 Å². The van der Waals surface area contributed by atoms with Gasteiger partial charge >= 0.3 is 6.09 Å². The van der Waals surface area contributed by atoms with Crippen molar-refractivity contribution in [3.63, 3.8) is 0 Å². The molecule has 0 aliphatic carbocycles. The monoisotopic (exact) mass is 326 g/mol. The van der Waals surface area contributed by atoms with Gasteiger partial charge in [0.25, 0.3) is 0 Å². The second kappa shape index (κ2) is 7.51. The van der Waals surface area contributed by atoms with Gasteiger partial charge in [-0.2, -0.15) is 0 Å². The van der Waals surface area contributed by atoms with Crippen LogP contribution < -0.4 is 0 Å². The molecule has 6 heteroatoms. The molecule has 2 heterocycles. The Kier molecular flexibility index (Phi) is 5.89. The van der Waals surface area contributed by atoms with E-state index >= 15 is 0 Å². The van der Waals surface area contributed by atoms with Gasteiger partial charge in [-0.05, 0) is 52.4 Å². The number of aliphatic hydroxyl groups excluding tert-OH is 1. The number of aliphatic hydroxyl groups is 1. The predicted molar refractivity (Wildman–Crippen MR) is 86.9 cm³/mol. The van der Waals surface area contributed by atoms with E-state index in [1.165, 1.54) is 0 Å². The number of carbonyl (C=O) groups is 2. The van der Waals surface area contributed by atoms with Gasteiger partial charge in [-0.3, -0.25) is 4.79 Å². The fourth-order valence-electron chi connectivity index (χ4n) is 3.23. The molecule has 2 amide bonds. The topological polar surface area (TPSA) is 70.1 Å². The van der Waals surface area contributed by atoms with Crippen molar-refractivity contribution < 1.29 is 19.4 Å². The molecule has 2 aliphatic rings. The summed E-state index contributed by atoms with van der Waals surface area (Å²) in [6.07, 6.45) is 2.90. The molecule has 2 saturated heterocycles. The maximum atomic E-state index is 12.6. The van der Waals surface area contributed by atoms with Crippen molar-refractivity contribution in [2.24, 2.45) is 11.8 Å². The number of rotatable bonds is 2. The van der Waals surface area contributed by atoms with Crippen LogP contribution in [0.4, 0.5) is 4.79 Å². The molecule has 0 bridgehead atoms. The number of amides is 2. The molecular formula is C17H30N2O4. The van der Waals surface area contributed by atoms with Crippen LogP contribution in [0.5, 0.6) is 0 Å². The van der Waals surface area contributed by atoms with Gasteiger partial charge in [-0.15, -0.1) is 0 Å². The predicted octanol–water partition coefficient (Wildman–Crippen LogP) is 1.86. The Labute approximate surface area is 138 Å². The van der Waals surface area contributed by atoms with Crippen LogP contribution in [0.1, 0.15) is 46.5 Å². The maximum absolute atomic E-state index is 12.6. The van der Waals surface area contributed by atoms with E-state index in [4.69, 9.17) is 4.74 Å². The highest BCUT2D eigenvalue weighted by molar-refractivity contribution is 5.79. The molecule has 0 atom stereocenters. The highest BCUT2D eigenvalue weighted by atomic mass is 16.6. The normalized spacial score (nSPS) is 21.4. The third kappa shape index (κ3) is 5.09. The van der Waals surface area contributed by atoms with E-state index in [2.05, 4.69) is 0 Å². The summed E-state index contributed by atoms with van der Waals surface area (Å²) in [5.74, 6) is 0.567. The molecule has 6 nitrogen and oxygen atoms in total. The first-order chi connectivity index (χ1) is 10.8. The van der Waals surface area contributed by atoms with Crippen molar-refractivity contribution in [2.45, 2.75) is 52.1 Å². The Morgan fingerprint density at radius 3 is 2.00 bits per heavy atom. The molecule has 2 aliphatic heterocycles. The van der Waals surface area contributed by atoms with Crippen molar-refractivity contribution in [3.8, 4) is 0 Å². The minimum atomic E-state index is -0.485. The third-order valence-corrected chi connectivity index (χ3v) is 4.68. The van der Waals surface area contributed by atoms with Crippen LogP contribution in [0, 0.1) is 11.8 Å². The smallest absolute Gasteiger partial charge is 0.410 e. The molecular weight excluding hydrogens is 296 g/mol. The van der Waals surface area contributed by atoms with E-state index in [0.717, 1.165) is 25.9 Å². The zero-order valence-corrected chi connectivity index (χ0v) is 14.6. The highest BCUT2D eigenvalue weighted by Crippen LogP contribution is 2.24. The summed E-state index contributed by atoms with van der Waals surface area (Å²) >= 11 is 0. The lowest BCUT2D eigenvalue weighted by Crippen LogP contribution is -2.47. The van der Waals surface area contributed by atoms with Gasteiger partial charge < -0.3 is 19.6 Å². The first-order valence-corrected chi connectivity index (χ1v) is 8.67. The van der Waals surface area contributed by atoms with E-state index in [1.54, 1.807) is 4.90 Å². The summed E-state index contributed by atoms with van der Waals surface area (Å²) < 4.78 is 5.38. The SMILES string of the molecule is CC(C)(C)OC(=O)N1CCC(C(=O)N2CCC(CO)CC2)CC1. The zero-order valence-electron chi connectivity index (χ0n) is 14.6. The van der Waals surface area contributed by atoms with Crippen LogP contribution in [-0.4, -0.2) is 65.3 Å². The van der Waals surface area contributed by atoms with E-state index in [9.17, 15) is 14.7 Å². The second-order valence-corrected chi connectivity index (χ2v) is 7.69. The average molecular weight is 326 g/mol. The van der Waals surface area contributed by atoms with Crippen LogP contribution >= 0.6 is 0 Å². The number of ether oxygens (including phenoxy) is 1. The molecule has 0 aromatic carbocycles. The van der Waals surface area contributed by atoms with Gasteiger partial charge in [0.1, 0.15) is 5.60 Å². The van der Waals surface area contributed by atoms with Gasteiger partial charge in [0.05, 0.1) is 0 Å². The quantitative estimate of drug-likeness (QED) is 0.841. The molecule has 2 rings (SSSR count). The lowest BCUT2D eigenvalue weighted by molar-refractivity contribution is -0.138. The van der Waals surface area contributed by atoms with Gasteiger partial charge in [0.15, 0.2) is 0 Å². The lowest BCUT2D eigenvalue weighted by atomic mass is 9.92. The number of likely N-dealkylation sites (tertiary alicyclic amines) is 2. The van der Waals surface area contributed by atoms with Crippen molar-refractivity contribution in [1.29, 1.82) is 0 Å². The standard InChI is InChI=1S/C17H30N2O4/c1-17(2,3)23-16(22)19-10-6-14(7-11-19)15(21)18-8-4-13(12-20)5-9-18/h13-14,20H,4-12H2,1-3H3. The summed E-state index contributed by atoms with van der Waals surface area (Å²) in [6, 6.07) is 0. The van der Waals surface area contributed by atoms with Gasteiger partial charge in [0.2, 0.25) is 5.91 Å². The van der Waals surface area contributed by atoms with Crippen molar-refractivity contribution in [1.82, 2.24) is 9.80 Å². The Balaban J connectivity index is 1.78. The van der Waals surface area contributed by atoms with Crippen LogP contribution in [0.15, 0.2) is 0 Å². The first-order valence-electron chi connectivity index (χ1n) is 8.67. The maximum Gasteiger partial charge on any atom is 0.410 e. The van der Waals surface area contributed by atoms with Crippen LogP contribution in [0.3, 0.4) is 0 Å². The Morgan fingerprint density at radius 2 is 1.52 bits per heavy atom. The third-order valence-electron chi connectivity index (χ3n) is 4.68. The molecule has 2 fully saturated rings. The van der Waals surface area contributed by atoms with Crippen molar-refractivity contribution >= 4 is 12.0 Å². The van der Waals surface area contributed by atoms with Gasteiger partial charge in [0, 0.05) is 38.7 Å². The van der Waals surface area contributed by atoms with Crippen LogP contribution in [-0.2, 0) is 9.53 Å². The summed E-state index contributed by atoms with van der Waals surface area (Å²) in [5, 5.41) is 9.17.